The van der Waals surface area contributed by atoms with Crippen LogP contribution in [0.5, 0.6) is 5.75 Å². The van der Waals surface area contributed by atoms with Gasteiger partial charge in [-0.3, -0.25) is 19.8 Å². The topological polar surface area (TPSA) is 72.7 Å². The van der Waals surface area contributed by atoms with Crippen LogP contribution in [0.3, 0.4) is 0 Å². The van der Waals surface area contributed by atoms with Crippen LogP contribution >= 0.6 is 69.2 Å². The van der Waals surface area contributed by atoms with Crippen LogP contribution in [0, 0.1) is 17.3 Å². The summed E-state index contributed by atoms with van der Waals surface area (Å²) in [5.41, 5.74) is 2.27. The molecule has 0 aromatic heterocycles. The summed E-state index contributed by atoms with van der Waals surface area (Å²) in [6, 6.07) is 19.6. The number of hydrogen-bond donors (Lipinski definition) is 0. The largest absolute Gasteiger partial charge is 0.487 e. The molecule has 0 aliphatic carbocycles. The van der Waals surface area contributed by atoms with E-state index in [1.807, 2.05) is 42.5 Å². The zero-order valence-electron chi connectivity index (χ0n) is 16.7. The lowest BCUT2D eigenvalue weighted by molar-refractivity contribution is -0.384. The molecule has 0 atom stereocenters. The molecule has 0 N–H and O–H groups in total. The second-order valence-electron chi connectivity index (χ2n) is 6.87. The Morgan fingerprint density at radius 2 is 1.79 bits per heavy atom. The fourth-order valence-electron chi connectivity index (χ4n) is 3.12. The monoisotopic (exact) mass is 700 g/mol. The van der Waals surface area contributed by atoms with Crippen molar-refractivity contribution in [1.29, 1.82) is 0 Å². The van der Waals surface area contributed by atoms with Gasteiger partial charge in [0.1, 0.15) is 12.4 Å². The van der Waals surface area contributed by atoms with E-state index in [0.29, 0.717) is 27.3 Å². The Bertz CT molecular complexity index is 1280. The Morgan fingerprint density at radius 3 is 2.45 bits per heavy atom. The molecule has 1 amide bonds. The van der Waals surface area contributed by atoms with E-state index in [1.54, 1.807) is 6.08 Å². The fraction of sp³-hybridized carbons (Fsp3) is 0.0435. The summed E-state index contributed by atoms with van der Waals surface area (Å²) in [6.07, 6.45) is 1.79. The predicted octanol–water partition coefficient (Wildman–Crippen LogP) is 6.79. The summed E-state index contributed by atoms with van der Waals surface area (Å²) in [4.78, 5) is 25.5. The van der Waals surface area contributed by atoms with Gasteiger partial charge in [-0.15, -0.1) is 0 Å². The van der Waals surface area contributed by atoms with E-state index in [4.69, 9.17) is 17.0 Å². The first-order chi connectivity index (χ1) is 15.8. The first kappa shape index (κ1) is 24.1. The van der Waals surface area contributed by atoms with E-state index < -0.39 is 4.92 Å². The average Bonchev–Trinajstić information content (AvgIpc) is 3.06. The van der Waals surface area contributed by atoms with Crippen LogP contribution in [0.2, 0.25) is 0 Å². The lowest BCUT2D eigenvalue weighted by Gasteiger charge is -2.14. The number of benzene rings is 3. The minimum Gasteiger partial charge on any atom is -0.487 e. The van der Waals surface area contributed by atoms with Gasteiger partial charge in [-0.2, -0.15) is 0 Å². The van der Waals surface area contributed by atoms with Crippen LogP contribution < -0.4 is 9.64 Å². The van der Waals surface area contributed by atoms with Crippen LogP contribution in [-0.4, -0.2) is 15.2 Å². The summed E-state index contributed by atoms with van der Waals surface area (Å²) in [5, 5.41) is 10.9. The minimum absolute atomic E-state index is 0.0478. The number of non-ortho nitro benzene ring substituents is 1. The van der Waals surface area contributed by atoms with Crippen molar-refractivity contribution in [2.45, 2.75) is 6.61 Å². The van der Waals surface area contributed by atoms with Gasteiger partial charge in [0, 0.05) is 21.3 Å². The quantitative estimate of drug-likeness (QED) is 0.0928. The molecule has 3 aromatic rings. The first-order valence-corrected chi connectivity index (χ1v) is 12.9. The van der Waals surface area contributed by atoms with Gasteiger partial charge in [0.05, 0.1) is 19.1 Å². The van der Waals surface area contributed by atoms with E-state index in [0.717, 1.165) is 18.3 Å². The van der Waals surface area contributed by atoms with Crippen molar-refractivity contribution in [1.82, 2.24) is 0 Å². The standard InChI is InChI=1S/C23H14I2N2O4S2/c24-16-10-15(21(19(25)12-16)31-13-14-4-2-1-3-5-14)11-20-22(28)26(23(32)33-20)17-6-8-18(9-7-17)27(29)30/h1-12H,13H2/b20-11-. The Morgan fingerprint density at radius 1 is 1.09 bits per heavy atom. The van der Waals surface area contributed by atoms with Crippen LogP contribution in [0.4, 0.5) is 11.4 Å². The molecule has 1 heterocycles. The van der Waals surface area contributed by atoms with Crippen molar-refractivity contribution < 1.29 is 14.5 Å². The molecule has 10 heteroatoms. The van der Waals surface area contributed by atoms with E-state index in [9.17, 15) is 14.9 Å². The second kappa shape index (κ2) is 10.5. The lowest BCUT2D eigenvalue weighted by Crippen LogP contribution is -2.27. The summed E-state index contributed by atoms with van der Waals surface area (Å²) in [6.45, 7) is 0.405. The molecule has 166 valence electrons. The predicted molar refractivity (Wildman–Crippen MR) is 151 cm³/mol. The number of thiocarbonyl (C=S) groups is 1. The number of hydrogen-bond acceptors (Lipinski definition) is 6. The number of carbonyl (C=O) groups excluding carboxylic acids is 1. The van der Waals surface area contributed by atoms with E-state index in [-0.39, 0.29) is 11.6 Å². The van der Waals surface area contributed by atoms with Gasteiger partial charge in [0.2, 0.25) is 0 Å². The van der Waals surface area contributed by atoms with E-state index >= 15 is 0 Å². The SMILES string of the molecule is O=C1/C(=C/c2cc(I)cc(I)c2OCc2ccccc2)SC(=S)N1c1ccc([N+](=O)[O-])cc1. The maximum absolute atomic E-state index is 13.2. The van der Waals surface area contributed by atoms with Crippen molar-refractivity contribution in [2.75, 3.05) is 4.90 Å². The van der Waals surface area contributed by atoms with Crippen LogP contribution in [-0.2, 0) is 11.4 Å². The van der Waals surface area contributed by atoms with Crippen LogP contribution in [0.1, 0.15) is 11.1 Å². The van der Waals surface area contributed by atoms with Gasteiger partial charge in [-0.05, 0) is 81.1 Å². The molecule has 0 bridgehead atoms. The number of nitro groups is 1. The van der Waals surface area contributed by atoms with Crippen LogP contribution in [0.25, 0.3) is 6.08 Å². The molecule has 1 aliphatic heterocycles. The van der Waals surface area contributed by atoms with Gasteiger partial charge in [0.15, 0.2) is 4.32 Å². The van der Waals surface area contributed by atoms with Crippen molar-refractivity contribution in [3.63, 3.8) is 0 Å². The number of halogens is 2. The normalized spacial score (nSPS) is 14.7. The molecule has 0 radical (unpaired) electrons. The van der Waals surface area contributed by atoms with Crippen LogP contribution in [0.15, 0.2) is 71.6 Å². The number of rotatable bonds is 6. The number of thioether (sulfide) groups is 1. The highest BCUT2D eigenvalue weighted by Crippen LogP contribution is 2.39. The summed E-state index contributed by atoms with van der Waals surface area (Å²) < 4.78 is 8.46. The molecule has 4 rings (SSSR count). The van der Waals surface area contributed by atoms with Gasteiger partial charge in [-0.25, -0.2) is 0 Å². The fourth-order valence-corrected chi connectivity index (χ4v) is 6.46. The average molecular weight is 700 g/mol. The zero-order valence-corrected chi connectivity index (χ0v) is 22.7. The molecular weight excluding hydrogens is 686 g/mol. The molecule has 1 saturated heterocycles. The lowest BCUT2D eigenvalue weighted by atomic mass is 10.1. The third-order valence-corrected chi connectivity index (χ3v) is 7.39. The molecule has 1 aliphatic rings. The molecule has 0 spiro atoms. The summed E-state index contributed by atoms with van der Waals surface area (Å²) in [5.74, 6) is 0.419. The smallest absolute Gasteiger partial charge is 0.270 e. The number of nitrogens with zero attached hydrogens (tertiary/aromatic N) is 2. The van der Waals surface area contributed by atoms with Crippen molar-refractivity contribution in [2.24, 2.45) is 0 Å². The van der Waals surface area contributed by atoms with E-state index in [1.165, 1.54) is 40.9 Å². The Kier molecular flexibility index (Phi) is 7.66. The molecule has 33 heavy (non-hydrogen) atoms. The second-order valence-corrected chi connectivity index (χ2v) is 11.0. The van der Waals surface area contributed by atoms with Gasteiger partial charge in [-0.1, -0.05) is 54.3 Å². The Balaban J connectivity index is 1.63. The van der Waals surface area contributed by atoms with Crippen molar-refractivity contribution >= 4 is 96.8 Å². The van der Waals surface area contributed by atoms with Gasteiger partial charge in [0.25, 0.3) is 11.6 Å². The minimum atomic E-state index is -0.483. The molecule has 3 aromatic carbocycles. The number of nitro benzene ring substituents is 1. The van der Waals surface area contributed by atoms with Crippen molar-refractivity contribution in [3.05, 3.63) is 100 Å². The zero-order chi connectivity index (χ0) is 23.5. The molecular formula is C23H14I2N2O4S2. The number of anilines is 1. The Labute approximate surface area is 226 Å². The highest BCUT2D eigenvalue weighted by molar-refractivity contribution is 14.1. The maximum Gasteiger partial charge on any atom is 0.270 e. The molecule has 0 unspecified atom stereocenters. The molecule has 6 nitrogen and oxygen atoms in total. The summed E-state index contributed by atoms with van der Waals surface area (Å²) >= 11 is 11.1. The van der Waals surface area contributed by atoms with Gasteiger partial charge >= 0.3 is 0 Å². The van der Waals surface area contributed by atoms with Gasteiger partial charge < -0.3 is 4.74 Å². The highest BCUT2D eigenvalue weighted by Gasteiger charge is 2.33. The van der Waals surface area contributed by atoms with E-state index in [2.05, 4.69) is 45.2 Å². The first-order valence-electron chi connectivity index (χ1n) is 9.51. The number of carbonyl (C=O) groups is 1. The number of amides is 1. The molecule has 1 fully saturated rings. The maximum atomic E-state index is 13.2. The van der Waals surface area contributed by atoms with Crippen molar-refractivity contribution in [3.8, 4) is 5.75 Å². The third-order valence-electron chi connectivity index (χ3n) is 4.66. The number of ether oxygens (including phenoxy) is 1. The third kappa shape index (κ3) is 5.55. The summed E-state index contributed by atoms with van der Waals surface area (Å²) in [7, 11) is 0. The highest BCUT2D eigenvalue weighted by atomic mass is 127. The molecule has 0 saturated carbocycles. The Hall–Kier alpha value is -2.03.